The number of benzene rings is 2. The molecule has 1 aliphatic rings. The van der Waals surface area contributed by atoms with Gasteiger partial charge in [-0.3, -0.25) is 10.2 Å². The van der Waals surface area contributed by atoms with Crippen LogP contribution in [0.25, 0.3) is 0 Å². The van der Waals surface area contributed by atoms with Gasteiger partial charge >= 0.3 is 0 Å². The zero-order valence-electron chi connectivity index (χ0n) is 10.2. The summed E-state index contributed by atoms with van der Waals surface area (Å²) in [5.74, 6) is -0.437. The van der Waals surface area contributed by atoms with Crippen LogP contribution in [0.15, 0.2) is 60.7 Å². The molecule has 2 aromatic carbocycles. The van der Waals surface area contributed by atoms with Gasteiger partial charge in [0.1, 0.15) is 0 Å². The highest BCUT2D eigenvalue weighted by Gasteiger charge is 2.51. The van der Waals surface area contributed by atoms with Crippen LogP contribution in [0.4, 0.5) is 0 Å². The maximum atomic E-state index is 12.1. The fourth-order valence-corrected chi connectivity index (χ4v) is 2.43. The highest BCUT2D eigenvalue weighted by molar-refractivity contribution is 5.89. The van der Waals surface area contributed by atoms with Crippen molar-refractivity contribution < 1.29 is 9.90 Å². The van der Waals surface area contributed by atoms with Crippen LogP contribution in [0.5, 0.6) is 0 Å². The fourth-order valence-electron chi connectivity index (χ4n) is 2.43. The molecule has 0 aliphatic carbocycles. The quantitative estimate of drug-likeness (QED) is 0.756. The number of carbonyl (C=O) groups excluding carboxylic acids is 1. The van der Waals surface area contributed by atoms with Gasteiger partial charge in [-0.2, -0.15) is 0 Å². The first-order valence-corrected chi connectivity index (χ1v) is 6.12. The number of carbonyl (C=O) groups is 1. The van der Waals surface area contributed by atoms with Crippen LogP contribution in [0.2, 0.25) is 0 Å². The Morgan fingerprint density at radius 3 is 2.16 bits per heavy atom. The minimum Gasteiger partial charge on any atom is -0.374 e. The standard InChI is InChI=1S/C15H14N2O2/c18-14-15(19,12-9-5-2-6-10-12)13(16-17-14)11-7-3-1-4-8-11/h1-10,13,16,19H,(H,17,18)/t13-,15-/m0/s1. The van der Waals surface area contributed by atoms with Gasteiger partial charge in [0.2, 0.25) is 0 Å². The molecule has 1 aliphatic heterocycles. The predicted octanol–water partition coefficient (Wildman–Crippen LogP) is 1.25. The zero-order valence-corrected chi connectivity index (χ0v) is 10.2. The molecule has 96 valence electrons. The van der Waals surface area contributed by atoms with E-state index in [0.29, 0.717) is 5.56 Å². The molecule has 0 aromatic heterocycles. The first-order chi connectivity index (χ1) is 9.23. The molecule has 2 aromatic rings. The molecule has 3 rings (SSSR count). The molecule has 4 nitrogen and oxygen atoms in total. The SMILES string of the molecule is O=C1NN[C@@H](c2ccccc2)[C@@]1(O)c1ccccc1. The average Bonchev–Trinajstić information content (AvgIpc) is 2.78. The number of rotatable bonds is 2. The number of hydrogen-bond donors (Lipinski definition) is 3. The van der Waals surface area contributed by atoms with Crippen LogP contribution in [0.3, 0.4) is 0 Å². The number of hydrogen-bond acceptors (Lipinski definition) is 3. The monoisotopic (exact) mass is 254 g/mol. The van der Waals surface area contributed by atoms with Gasteiger partial charge in [0.25, 0.3) is 5.91 Å². The van der Waals surface area contributed by atoms with E-state index in [0.717, 1.165) is 5.56 Å². The van der Waals surface area contributed by atoms with E-state index in [1.165, 1.54) is 0 Å². The number of aliphatic hydroxyl groups is 1. The third-order valence-corrected chi connectivity index (χ3v) is 3.44. The van der Waals surface area contributed by atoms with Crippen LogP contribution in [0, 0.1) is 0 Å². The van der Waals surface area contributed by atoms with Crippen molar-refractivity contribution in [3.63, 3.8) is 0 Å². The van der Waals surface area contributed by atoms with Gasteiger partial charge in [0, 0.05) is 0 Å². The number of hydrazine groups is 1. The van der Waals surface area contributed by atoms with Crippen molar-refractivity contribution >= 4 is 5.91 Å². The molecule has 1 amide bonds. The Balaban J connectivity index is 2.09. The highest BCUT2D eigenvalue weighted by atomic mass is 16.3. The molecular weight excluding hydrogens is 240 g/mol. The summed E-state index contributed by atoms with van der Waals surface area (Å²) in [6, 6.07) is 17.9. The largest absolute Gasteiger partial charge is 0.374 e. The summed E-state index contributed by atoms with van der Waals surface area (Å²) in [5, 5.41) is 10.9. The summed E-state index contributed by atoms with van der Waals surface area (Å²) in [6.45, 7) is 0. The molecule has 0 spiro atoms. The molecule has 1 heterocycles. The Hall–Kier alpha value is -2.17. The molecular formula is C15H14N2O2. The Morgan fingerprint density at radius 1 is 0.947 bits per heavy atom. The minimum absolute atomic E-state index is 0.437. The lowest BCUT2D eigenvalue weighted by molar-refractivity contribution is -0.137. The molecule has 2 atom stereocenters. The summed E-state index contributed by atoms with van der Waals surface area (Å²) < 4.78 is 0. The summed E-state index contributed by atoms with van der Waals surface area (Å²) in [5.41, 5.74) is 5.22. The smallest absolute Gasteiger partial charge is 0.272 e. The lowest BCUT2D eigenvalue weighted by Crippen LogP contribution is -2.38. The van der Waals surface area contributed by atoms with Crippen LogP contribution in [0.1, 0.15) is 17.2 Å². The van der Waals surface area contributed by atoms with Crippen molar-refractivity contribution in [3.05, 3.63) is 71.8 Å². The second-order valence-corrected chi connectivity index (χ2v) is 4.57. The zero-order chi connectivity index (χ0) is 13.3. The molecule has 3 N–H and O–H groups in total. The van der Waals surface area contributed by atoms with Gasteiger partial charge in [-0.25, -0.2) is 5.43 Å². The van der Waals surface area contributed by atoms with E-state index in [9.17, 15) is 9.90 Å². The Bertz CT molecular complexity index is 586. The predicted molar refractivity (Wildman–Crippen MR) is 70.8 cm³/mol. The van der Waals surface area contributed by atoms with E-state index < -0.39 is 17.6 Å². The maximum Gasteiger partial charge on any atom is 0.272 e. The van der Waals surface area contributed by atoms with Gasteiger partial charge in [0.05, 0.1) is 6.04 Å². The van der Waals surface area contributed by atoms with E-state index in [-0.39, 0.29) is 0 Å². The molecule has 0 unspecified atom stereocenters. The van der Waals surface area contributed by atoms with Gasteiger partial charge in [-0.05, 0) is 11.1 Å². The summed E-state index contributed by atoms with van der Waals surface area (Å²) >= 11 is 0. The van der Waals surface area contributed by atoms with Crippen molar-refractivity contribution in [1.82, 2.24) is 10.9 Å². The minimum atomic E-state index is -1.59. The highest BCUT2D eigenvalue weighted by Crippen LogP contribution is 2.37. The van der Waals surface area contributed by atoms with Crippen molar-refractivity contribution in [2.24, 2.45) is 0 Å². The third-order valence-electron chi connectivity index (χ3n) is 3.44. The van der Waals surface area contributed by atoms with Crippen LogP contribution >= 0.6 is 0 Å². The van der Waals surface area contributed by atoms with Gasteiger partial charge in [-0.15, -0.1) is 0 Å². The second-order valence-electron chi connectivity index (χ2n) is 4.57. The molecule has 0 bridgehead atoms. The molecule has 0 saturated carbocycles. The molecule has 19 heavy (non-hydrogen) atoms. The fraction of sp³-hybridized carbons (Fsp3) is 0.133. The number of amides is 1. The van der Waals surface area contributed by atoms with Crippen LogP contribution < -0.4 is 10.9 Å². The van der Waals surface area contributed by atoms with E-state index in [4.69, 9.17) is 0 Å². The molecule has 1 saturated heterocycles. The summed E-state index contributed by atoms with van der Waals surface area (Å²) in [6.07, 6.45) is 0. The van der Waals surface area contributed by atoms with E-state index in [1.54, 1.807) is 24.3 Å². The van der Waals surface area contributed by atoms with E-state index in [2.05, 4.69) is 10.9 Å². The lowest BCUT2D eigenvalue weighted by atomic mass is 9.83. The first kappa shape index (κ1) is 11.9. The summed E-state index contributed by atoms with van der Waals surface area (Å²) in [7, 11) is 0. The Labute approximate surface area is 111 Å². The van der Waals surface area contributed by atoms with E-state index >= 15 is 0 Å². The average molecular weight is 254 g/mol. The lowest BCUT2D eigenvalue weighted by Gasteiger charge is -2.26. The normalized spacial score (nSPS) is 26.2. The van der Waals surface area contributed by atoms with Crippen LogP contribution in [-0.2, 0) is 10.4 Å². The van der Waals surface area contributed by atoms with Crippen molar-refractivity contribution in [1.29, 1.82) is 0 Å². The van der Waals surface area contributed by atoms with Crippen LogP contribution in [-0.4, -0.2) is 11.0 Å². The van der Waals surface area contributed by atoms with Crippen molar-refractivity contribution in [2.75, 3.05) is 0 Å². The van der Waals surface area contributed by atoms with Crippen molar-refractivity contribution in [2.45, 2.75) is 11.6 Å². The first-order valence-electron chi connectivity index (χ1n) is 6.12. The summed E-state index contributed by atoms with van der Waals surface area (Å²) in [4.78, 5) is 12.1. The Morgan fingerprint density at radius 2 is 1.53 bits per heavy atom. The van der Waals surface area contributed by atoms with Gasteiger partial charge in [-0.1, -0.05) is 60.7 Å². The van der Waals surface area contributed by atoms with Gasteiger partial charge in [0.15, 0.2) is 5.60 Å². The number of nitrogens with one attached hydrogen (secondary N) is 2. The molecule has 1 fully saturated rings. The third kappa shape index (κ3) is 1.82. The van der Waals surface area contributed by atoms with Gasteiger partial charge < -0.3 is 5.11 Å². The Kier molecular flexibility index (Phi) is 2.81. The molecule has 4 heteroatoms. The van der Waals surface area contributed by atoms with E-state index in [1.807, 2.05) is 36.4 Å². The van der Waals surface area contributed by atoms with Crippen molar-refractivity contribution in [3.8, 4) is 0 Å². The maximum absolute atomic E-state index is 12.1. The molecule has 0 radical (unpaired) electrons. The topological polar surface area (TPSA) is 61.4 Å². The second kappa shape index (κ2) is 4.50.